The first kappa shape index (κ1) is 13.3. The molecule has 98 valence electrons. The Labute approximate surface area is 133 Å². The van der Waals surface area contributed by atoms with Crippen molar-refractivity contribution in [3.05, 3.63) is 42.4 Å². The summed E-state index contributed by atoms with van der Waals surface area (Å²) in [5.41, 5.74) is 2.74. The largest absolute Gasteiger partial charge is 0.321 e. The molecule has 2 heterocycles. The van der Waals surface area contributed by atoms with Crippen molar-refractivity contribution in [2.45, 2.75) is 19.3 Å². The van der Waals surface area contributed by atoms with Crippen molar-refractivity contribution in [3.8, 4) is 0 Å². The lowest BCUT2D eigenvalue weighted by Gasteiger charge is -2.06. The van der Waals surface area contributed by atoms with Gasteiger partial charge in [0.2, 0.25) is 0 Å². The molecule has 0 fully saturated rings. The summed E-state index contributed by atoms with van der Waals surface area (Å²) < 4.78 is 1.07. The van der Waals surface area contributed by atoms with E-state index in [2.05, 4.69) is 32.9 Å². The van der Waals surface area contributed by atoms with Gasteiger partial charge < -0.3 is 5.32 Å². The molecule has 1 N–H and O–H groups in total. The van der Waals surface area contributed by atoms with Gasteiger partial charge in [-0.05, 0) is 59.5 Å². The topological polar surface area (TPSA) is 42.0 Å². The van der Waals surface area contributed by atoms with Crippen LogP contribution in [0.2, 0.25) is 5.15 Å². The van der Waals surface area contributed by atoms with Crippen molar-refractivity contribution in [3.63, 3.8) is 0 Å². The van der Waals surface area contributed by atoms with E-state index in [0.29, 0.717) is 10.8 Å². The molecule has 0 aliphatic heterocycles. The molecular formula is C13H10ClIN2OS. The number of halogens is 2. The van der Waals surface area contributed by atoms with E-state index in [-0.39, 0.29) is 5.91 Å². The molecule has 2 aromatic heterocycles. The summed E-state index contributed by atoms with van der Waals surface area (Å²) >= 11 is 9.71. The van der Waals surface area contributed by atoms with Gasteiger partial charge in [-0.3, -0.25) is 4.79 Å². The Bertz CT molecular complexity index is 639. The number of pyridine rings is 1. The van der Waals surface area contributed by atoms with E-state index in [9.17, 15) is 4.79 Å². The summed E-state index contributed by atoms with van der Waals surface area (Å²) in [7, 11) is 0. The first-order valence-electron chi connectivity index (χ1n) is 5.88. The molecule has 0 radical (unpaired) electrons. The van der Waals surface area contributed by atoms with E-state index in [1.807, 2.05) is 0 Å². The first-order chi connectivity index (χ1) is 9.15. The molecule has 0 spiro atoms. The third-order valence-corrected chi connectivity index (χ3v) is 5.59. The fraction of sp³-hybridized carbons (Fsp3) is 0.231. The highest BCUT2D eigenvalue weighted by Crippen LogP contribution is 2.36. The molecule has 0 bridgehead atoms. The molecule has 3 rings (SSSR count). The highest BCUT2D eigenvalue weighted by atomic mass is 127. The lowest BCUT2D eigenvalue weighted by atomic mass is 10.1. The zero-order valence-electron chi connectivity index (χ0n) is 9.87. The molecule has 0 atom stereocenters. The third-order valence-electron chi connectivity index (χ3n) is 3.09. The van der Waals surface area contributed by atoms with Crippen molar-refractivity contribution >= 4 is 57.1 Å². The summed E-state index contributed by atoms with van der Waals surface area (Å²) in [5.74, 6) is -0.0482. The van der Waals surface area contributed by atoms with Crippen molar-refractivity contribution in [2.24, 2.45) is 0 Å². The number of nitrogens with one attached hydrogen (secondary N) is 1. The zero-order valence-corrected chi connectivity index (χ0v) is 13.6. The van der Waals surface area contributed by atoms with E-state index in [0.717, 1.165) is 27.7 Å². The maximum Gasteiger partial charge on any atom is 0.257 e. The fourth-order valence-electron chi connectivity index (χ4n) is 2.24. The van der Waals surface area contributed by atoms with Crippen LogP contribution in [-0.2, 0) is 12.8 Å². The standard InChI is InChI=1S/C13H10ClIN2OS/c14-10-5-4-7(6-16-10)17-13(18)11-8-2-1-3-9(8)19-12(11)15/h4-6H,1-3H2,(H,17,18). The number of thiophene rings is 1. The number of carbonyl (C=O) groups excluding carboxylic acids is 1. The molecule has 2 aromatic rings. The van der Waals surface area contributed by atoms with Crippen LogP contribution >= 0.6 is 45.5 Å². The van der Waals surface area contributed by atoms with Crippen molar-refractivity contribution in [1.29, 1.82) is 0 Å². The second-order valence-electron chi connectivity index (χ2n) is 4.33. The van der Waals surface area contributed by atoms with Gasteiger partial charge in [0.25, 0.3) is 5.91 Å². The number of carbonyl (C=O) groups is 1. The maximum absolute atomic E-state index is 12.4. The Balaban J connectivity index is 1.86. The van der Waals surface area contributed by atoms with Gasteiger partial charge in [-0.15, -0.1) is 11.3 Å². The van der Waals surface area contributed by atoms with Crippen LogP contribution in [0.4, 0.5) is 5.69 Å². The highest BCUT2D eigenvalue weighted by molar-refractivity contribution is 14.1. The van der Waals surface area contributed by atoms with E-state index in [4.69, 9.17) is 11.6 Å². The van der Waals surface area contributed by atoms with Crippen LogP contribution in [-0.4, -0.2) is 10.9 Å². The monoisotopic (exact) mass is 404 g/mol. The lowest BCUT2D eigenvalue weighted by molar-refractivity contribution is 0.102. The highest BCUT2D eigenvalue weighted by Gasteiger charge is 2.25. The number of amides is 1. The normalized spacial score (nSPS) is 13.4. The Morgan fingerprint density at radius 1 is 1.42 bits per heavy atom. The van der Waals surface area contributed by atoms with Crippen molar-refractivity contribution in [1.82, 2.24) is 4.98 Å². The van der Waals surface area contributed by atoms with Gasteiger partial charge in [-0.1, -0.05) is 11.6 Å². The number of aryl methyl sites for hydroxylation is 1. The zero-order chi connectivity index (χ0) is 13.4. The van der Waals surface area contributed by atoms with E-state index in [1.165, 1.54) is 10.4 Å². The van der Waals surface area contributed by atoms with E-state index >= 15 is 0 Å². The van der Waals surface area contributed by atoms with Crippen LogP contribution in [0, 0.1) is 2.88 Å². The Hall–Kier alpha value is -0.660. The van der Waals surface area contributed by atoms with E-state index < -0.39 is 0 Å². The minimum absolute atomic E-state index is 0.0482. The van der Waals surface area contributed by atoms with Crippen LogP contribution in [0.5, 0.6) is 0 Å². The smallest absolute Gasteiger partial charge is 0.257 e. The molecule has 0 aromatic carbocycles. The number of rotatable bonds is 2. The van der Waals surface area contributed by atoms with Gasteiger partial charge in [-0.2, -0.15) is 0 Å². The molecule has 6 heteroatoms. The van der Waals surface area contributed by atoms with E-state index in [1.54, 1.807) is 29.7 Å². The molecular weight excluding hydrogens is 395 g/mol. The summed E-state index contributed by atoms with van der Waals surface area (Å²) in [6.07, 6.45) is 4.84. The minimum Gasteiger partial charge on any atom is -0.321 e. The number of fused-ring (bicyclic) bond motifs is 1. The Kier molecular flexibility index (Phi) is 3.77. The summed E-state index contributed by atoms with van der Waals surface area (Å²) in [6.45, 7) is 0. The molecule has 0 unspecified atom stereocenters. The van der Waals surface area contributed by atoms with Gasteiger partial charge in [0.05, 0.1) is 20.3 Å². The van der Waals surface area contributed by atoms with Crippen molar-refractivity contribution < 1.29 is 4.79 Å². The SMILES string of the molecule is O=C(Nc1ccc(Cl)nc1)c1c(I)sc2c1CCC2. The van der Waals surface area contributed by atoms with Crippen molar-refractivity contribution in [2.75, 3.05) is 5.32 Å². The predicted molar refractivity (Wildman–Crippen MR) is 86.3 cm³/mol. The second-order valence-corrected chi connectivity index (χ2v) is 7.63. The van der Waals surface area contributed by atoms with Crippen LogP contribution < -0.4 is 5.32 Å². The molecule has 0 saturated heterocycles. The summed E-state index contributed by atoms with van der Waals surface area (Å²) in [5, 5.41) is 3.30. The summed E-state index contributed by atoms with van der Waals surface area (Å²) in [6, 6.07) is 3.42. The molecule has 19 heavy (non-hydrogen) atoms. The number of nitrogens with zero attached hydrogens (tertiary/aromatic N) is 1. The predicted octanol–water partition coefficient (Wildman–Crippen LogP) is 4.14. The van der Waals surface area contributed by atoms with Crippen LogP contribution in [0.1, 0.15) is 27.2 Å². The fourth-order valence-corrected chi connectivity index (χ4v) is 4.83. The molecule has 1 aliphatic carbocycles. The maximum atomic E-state index is 12.4. The number of aromatic nitrogens is 1. The van der Waals surface area contributed by atoms with Crippen LogP contribution in [0.3, 0.4) is 0 Å². The third kappa shape index (κ3) is 2.64. The Morgan fingerprint density at radius 2 is 2.26 bits per heavy atom. The first-order valence-corrected chi connectivity index (χ1v) is 8.15. The number of hydrogen-bond acceptors (Lipinski definition) is 3. The molecule has 1 amide bonds. The summed E-state index contributed by atoms with van der Waals surface area (Å²) in [4.78, 5) is 17.7. The molecule has 1 aliphatic rings. The van der Waals surface area contributed by atoms with Gasteiger partial charge in [0, 0.05) is 4.88 Å². The second kappa shape index (κ2) is 5.38. The van der Waals surface area contributed by atoms with Gasteiger partial charge in [-0.25, -0.2) is 4.98 Å². The Morgan fingerprint density at radius 3 is 3.00 bits per heavy atom. The van der Waals surface area contributed by atoms with Crippen LogP contribution in [0.25, 0.3) is 0 Å². The average Bonchev–Trinajstić information content (AvgIpc) is 2.91. The van der Waals surface area contributed by atoms with Gasteiger partial charge in [0.1, 0.15) is 5.15 Å². The molecule has 0 saturated carbocycles. The number of hydrogen-bond donors (Lipinski definition) is 1. The number of anilines is 1. The quantitative estimate of drug-likeness (QED) is 0.604. The lowest BCUT2D eigenvalue weighted by Crippen LogP contribution is -2.14. The average molecular weight is 405 g/mol. The van der Waals surface area contributed by atoms with Gasteiger partial charge >= 0.3 is 0 Å². The minimum atomic E-state index is -0.0482. The van der Waals surface area contributed by atoms with Crippen LogP contribution in [0.15, 0.2) is 18.3 Å². The molecule has 3 nitrogen and oxygen atoms in total. The van der Waals surface area contributed by atoms with Gasteiger partial charge in [0.15, 0.2) is 0 Å².